The van der Waals surface area contributed by atoms with Crippen LogP contribution in [0.15, 0.2) is 77.7 Å². The zero-order chi connectivity index (χ0) is 22.0. The van der Waals surface area contributed by atoms with Crippen molar-refractivity contribution in [1.29, 1.82) is 0 Å². The maximum absolute atomic E-state index is 13.2. The Balaban J connectivity index is 1.63. The zero-order valence-corrected chi connectivity index (χ0v) is 17.5. The summed E-state index contributed by atoms with van der Waals surface area (Å²) in [5.74, 6) is -0.543. The lowest BCUT2D eigenvalue weighted by molar-refractivity contribution is 0.123. The van der Waals surface area contributed by atoms with Gasteiger partial charge in [-0.25, -0.2) is 12.8 Å². The molecule has 0 saturated heterocycles. The van der Waals surface area contributed by atoms with Crippen LogP contribution < -0.4 is 0 Å². The minimum Gasteiger partial charge on any atom is -0.395 e. The minimum absolute atomic E-state index is 0.0913. The molecule has 3 aromatic carbocycles. The second-order valence-corrected chi connectivity index (χ2v) is 9.28. The maximum atomic E-state index is 13.2. The molecule has 1 heterocycles. The molecule has 0 aliphatic rings. The summed E-state index contributed by atoms with van der Waals surface area (Å²) in [6, 6.07) is 20.2. The fraction of sp³-hybridized carbons (Fsp3) is 0.217. The molecule has 0 fully saturated rings. The lowest BCUT2D eigenvalue weighted by Crippen LogP contribution is -2.40. The molecular weight excluding hydrogens is 419 g/mol. The van der Waals surface area contributed by atoms with Gasteiger partial charge < -0.3 is 14.8 Å². The lowest BCUT2D eigenvalue weighted by Gasteiger charge is -2.24. The van der Waals surface area contributed by atoms with Crippen LogP contribution in [0.5, 0.6) is 0 Å². The van der Waals surface area contributed by atoms with E-state index in [2.05, 4.69) is 0 Å². The first-order valence-corrected chi connectivity index (χ1v) is 11.4. The third kappa shape index (κ3) is 4.20. The van der Waals surface area contributed by atoms with Gasteiger partial charge in [0.25, 0.3) is 0 Å². The van der Waals surface area contributed by atoms with Crippen LogP contribution in [0.1, 0.15) is 0 Å². The average Bonchev–Trinajstić information content (AvgIpc) is 3.08. The molecule has 4 rings (SSSR count). The molecule has 0 aliphatic carbocycles. The van der Waals surface area contributed by atoms with E-state index < -0.39 is 28.6 Å². The van der Waals surface area contributed by atoms with Crippen molar-refractivity contribution in [1.82, 2.24) is 8.87 Å². The van der Waals surface area contributed by atoms with Crippen LogP contribution in [0.3, 0.4) is 0 Å². The smallest absolute Gasteiger partial charge is 0.243 e. The van der Waals surface area contributed by atoms with E-state index in [-0.39, 0.29) is 24.5 Å². The van der Waals surface area contributed by atoms with E-state index in [1.165, 1.54) is 12.1 Å². The predicted octanol–water partition coefficient (Wildman–Crippen LogP) is 2.98. The number of fused-ring (bicyclic) bond motifs is 3. The Kier molecular flexibility index (Phi) is 6.06. The van der Waals surface area contributed by atoms with Gasteiger partial charge in [0.05, 0.1) is 24.2 Å². The Labute approximate surface area is 179 Å². The van der Waals surface area contributed by atoms with Crippen LogP contribution in [-0.2, 0) is 16.6 Å². The van der Waals surface area contributed by atoms with Crippen LogP contribution in [0.4, 0.5) is 4.39 Å². The Hall–Kier alpha value is -2.78. The van der Waals surface area contributed by atoms with Gasteiger partial charge in [-0.15, -0.1) is 0 Å². The molecular formula is C23H23FN2O4S. The highest BCUT2D eigenvalue weighted by molar-refractivity contribution is 7.89. The lowest BCUT2D eigenvalue weighted by atomic mass is 10.2. The van der Waals surface area contributed by atoms with Crippen LogP contribution in [0.25, 0.3) is 21.8 Å². The Morgan fingerprint density at radius 3 is 2.00 bits per heavy atom. The number of aromatic nitrogens is 1. The van der Waals surface area contributed by atoms with Gasteiger partial charge in [-0.1, -0.05) is 36.4 Å². The van der Waals surface area contributed by atoms with Crippen LogP contribution in [0, 0.1) is 5.82 Å². The highest BCUT2D eigenvalue weighted by Crippen LogP contribution is 2.29. The SMILES string of the molecule is O=S(=O)(c1ccc(F)cc1)N(CCO)C[C@@H](O)Cn1c2ccccc2c2ccccc21. The van der Waals surface area contributed by atoms with Crippen molar-refractivity contribution in [2.45, 2.75) is 17.5 Å². The van der Waals surface area contributed by atoms with Gasteiger partial charge in [0.1, 0.15) is 5.82 Å². The van der Waals surface area contributed by atoms with Gasteiger partial charge in [-0.3, -0.25) is 0 Å². The quantitative estimate of drug-likeness (QED) is 0.440. The first kappa shape index (κ1) is 21.5. The van der Waals surface area contributed by atoms with Crippen molar-refractivity contribution < 1.29 is 23.0 Å². The van der Waals surface area contributed by atoms with Gasteiger partial charge in [0.2, 0.25) is 10.0 Å². The summed E-state index contributed by atoms with van der Waals surface area (Å²) >= 11 is 0. The number of hydrogen-bond donors (Lipinski definition) is 2. The number of hydrogen-bond acceptors (Lipinski definition) is 4. The molecule has 2 N–H and O–H groups in total. The molecule has 1 aromatic heterocycles. The number of rotatable bonds is 8. The first-order chi connectivity index (χ1) is 14.9. The summed E-state index contributed by atoms with van der Waals surface area (Å²) < 4.78 is 42.1. The molecule has 162 valence electrons. The van der Waals surface area contributed by atoms with E-state index >= 15 is 0 Å². The van der Waals surface area contributed by atoms with Gasteiger partial charge in [0, 0.05) is 34.9 Å². The van der Waals surface area contributed by atoms with Crippen molar-refractivity contribution in [3.05, 3.63) is 78.6 Å². The van der Waals surface area contributed by atoms with Crippen LogP contribution >= 0.6 is 0 Å². The summed E-state index contributed by atoms with van der Waals surface area (Å²) in [6.07, 6.45) is -1.03. The number of aliphatic hydroxyl groups excluding tert-OH is 2. The molecule has 8 heteroatoms. The fourth-order valence-corrected chi connectivity index (χ4v) is 5.35. The molecule has 0 spiro atoms. The van der Waals surface area contributed by atoms with Gasteiger partial charge in [-0.2, -0.15) is 4.31 Å². The average molecular weight is 443 g/mol. The van der Waals surface area contributed by atoms with E-state index in [0.29, 0.717) is 0 Å². The summed E-state index contributed by atoms with van der Waals surface area (Å²) in [5, 5.41) is 22.3. The largest absolute Gasteiger partial charge is 0.395 e. The third-order valence-electron chi connectivity index (χ3n) is 5.29. The second-order valence-electron chi connectivity index (χ2n) is 7.34. The fourth-order valence-electron chi connectivity index (χ4n) is 3.88. The standard InChI is InChI=1S/C23H23FN2O4S/c24-17-9-11-19(12-10-17)31(29,30)25(13-14-27)15-18(28)16-26-22-7-3-1-5-20(22)21-6-2-4-8-23(21)26/h1-12,18,27-28H,13-16H2/t18-/m1/s1. The molecule has 4 aromatic rings. The highest BCUT2D eigenvalue weighted by atomic mass is 32.2. The number of sulfonamides is 1. The van der Waals surface area contributed by atoms with Crippen molar-refractivity contribution in [2.75, 3.05) is 19.7 Å². The number of benzene rings is 3. The van der Waals surface area contributed by atoms with Crippen LogP contribution in [0.2, 0.25) is 0 Å². The molecule has 0 bridgehead atoms. The monoisotopic (exact) mass is 442 g/mol. The molecule has 0 amide bonds. The van der Waals surface area contributed by atoms with E-state index in [1.54, 1.807) is 0 Å². The van der Waals surface area contributed by atoms with Crippen molar-refractivity contribution in [3.8, 4) is 0 Å². The Bertz CT molecular complexity index is 1250. The molecule has 6 nitrogen and oxygen atoms in total. The summed E-state index contributed by atoms with van der Waals surface area (Å²) in [4.78, 5) is -0.0913. The second kappa shape index (κ2) is 8.76. The van der Waals surface area contributed by atoms with Gasteiger partial charge in [0.15, 0.2) is 0 Å². The number of halogens is 1. The summed E-state index contributed by atoms with van der Waals surface area (Å²) in [6.45, 7) is -0.609. The van der Waals surface area contributed by atoms with Gasteiger partial charge in [-0.05, 0) is 36.4 Å². The van der Waals surface area contributed by atoms with Gasteiger partial charge >= 0.3 is 0 Å². The number of aliphatic hydroxyl groups is 2. The molecule has 1 atom stereocenters. The van der Waals surface area contributed by atoms with E-state index in [1.807, 2.05) is 53.1 Å². The topological polar surface area (TPSA) is 82.8 Å². The maximum Gasteiger partial charge on any atom is 0.243 e. The zero-order valence-electron chi connectivity index (χ0n) is 16.7. The first-order valence-electron chi connectivity index (χ1n) is 9.92. The molecule has 0 radical (unpaired) electrons. The molecule has 0 aliphatic heterocycles. The Morgan fingerprint density at radius 2 is 1.45 bits per heavy atom. The Morgan fingerprint density at radius 1 is 0.903 bits per heavy atom. The van der Waals surface area contributed by atoms with E-state index in [9.17, 15) is 23.0 Å². The van der Waals surface area contributed by atoms with Crippen LogP contribution in [-0.4, -0.2) is 53.3 Å². The van der Waals surface area contributed by atoms with E-state index in [0.717, 1.165) is 38.2 Å². The number of nitrogens with zero attached hydrogens (tertiary/aromatic N) is 2. The van der Waals surface area contributed by atoms with E-state index in [4.69, 9.17) is 0 Å². The summed E-state index contributed by atoms with van der Waals surface area (Å²) in [5.41, 5.74) is 1.88. The molecule has 0 unspecified atom stereocenters. The minimum atomic E-state index is -4.00. The van der Waals surface area contributed by atoms with Crippen molar-refractivity contribution >= 4 is 31.8 Å². The normalized spacial score (nSPS) is 13.3. The highest BCUT2D eigenvalue weighted by Gasteiger charge is 2.27. The summed E-state index contributed by atoms with van der Waals surface area (Å²) in [7, 11) is -4.00. The molecule has 31 heavy (non-hydrogen) atoms. The van der Waals surface area contributed by atoms with Crippen molar-refractivity contribution in [2.24, 2.45) is 0 Å². The third-order valence-corrected chi connectivity index (χ3v) is 7.17. The molecule has 0 saturated carbocycles. The number of para-hydroxylation sites is 2. The van der Waals surface area contributed by atoms with Crippen molar-refractivity contribution in [3.63, 3.8) is 0 Å². The predicted molar refractivity (Wildman–Crippen MR) is 118 cm³/mol.